The van der Waals surface area contributed by atoms with Crippen molar-refractivity contribution in [2.75, 3.05) is 45.3 Å². The highest BCUT2D eigenvalue weighted by molar-refractivity contribution is 5.98. The Labute approximate surface area is 269 Å². The number of carbonyl (C=O) groups excluding carboxylic acids is 3. The summed E-state index contributed by atoms with van der Waals surface area (Å²) in [7, 11) is 1.28. The van der Waals surface area contributed by atoms with Crippen LogP contribution in [0.1, 0.15) is 35.4 Å². The highest BCUT2D eigenvalue weighted by Gasteiger charge is 2.33. The van der Waals surface area contributed by atoms with Crippen molar-refractivity contribution < 1.29 is 33.3 Å². The first kappa shape index (κ1) is 32.9. The molecule has 3 aromatic carbocycles. The van der Waals surface area contributed by atoms with Crippen LogP contribution >= 0.6 is 0 Å². The standard InChI is InChI=1S/C35H42N4O7/c1-43-35(42)39-32(31(25-11-4-2-5-12-25)26-13-6-3-7-14-26)33(40)38-30-15-9-8-10-24(30)16-17-28-21-36-27(22-45-28)20-37-34(41)46-29-18-19-44-23-29/h2-15,27-29,31-32,36H,16-23H2,1H3,(H,37,41)(H,38,40)(H,39,42)/t27-,28-,29?,32+/m1/s1. The normalized spacial score (nSPS) is 20.0. The van der Waals surface area contributed by atoms with E-state index in [2.05, 4.69) is 21.3 Å². The van der Waals surface area contributed by atoms with Gasteiger partial charge in [-0.3, -0.25) is 4.79 Å². The number of rotatable bonds is 12. The summed E-state index contributed by atoms with van der Waals surface area (Å²) >= 11 is 0. The predicted octanol–water partition coefficient (Wildman–Crippen LogP) is 3.99. The third-order valence-corrected chi connectivity index (χ3v) is 8.22. The number of morpholine rings is 1. The second-order valence-electron chi connectivity index (χ2n) is 11.4. The molecule has 2 saturated heterocycles. The van der Waals surface area contributed by atoms with Crippen molar-refractivity contribution in [1.29, 1.82) is 0 Å². The van der Waals surface area contributed by atoms with Crippen LogP contribution in [0.4, 0.5) is 15.3 Å². The summed E-state index contributed by atoms with van der Waals surface area (Å²) in [6.45, 7) is 2.55. The summed E-state index contributed by atoms with van der Waals surface area (Å²) < 4.78 is 21.6. The van der Waals surface area contributed by atoms with Crippen LogP contribution in [-0.4, -0.2) is 82.4 Å². The van der Waals surface area contributed by atoms with Crippen LogP contribution in [0, 0.1) is 0 Å². The first-order valence-corrected chi connectivity index (χ1v) is 15.7. The minimum absolute atomic E-state index is 0.0170. The third kappa shape index (κ3) is 9.29. The molecule has 11 heteroatoms. The van der Waals surface area contributed by atoms with Crippen molar-refractivity contribution in [2.24, 2.45) is 0 Å². The van der Waals surface area contributed by atoms with E-state index in [1.165, 1.54) is 7.11 Å². The maximum absolute atomic E-state index is 14.0. The number of nitrogens with one attached hydrogen (secondary N) is 4. The van der Waals surface area contributed by atoms with E-state index in [0.29, 0.717) is 45.0 Å². The fourth-order valence-corrected chi connectivity index (χ4v) is 5.76. The Bertz CT molecular complexity index is 1370. The minimum atomic E-state index is -0.953. The number of para-hydroxylation sites is 1. The van der Waals surface area contributed by atoms with Gasteiger partial charge in [-0.15, -0.1) is 0 Å². The SMILES string of the molecule is COC(=O)N[C@H](C(=O)Nc1ccccc1CC[C@@H]1CN[C@H](CNC(=O)OC2CCOC2)CO1)C(c1ccccc1)c1ccccc1. The molecule has 2 aliphatic heterocycles. The van der Waals surface area contributed by atoms with Gasteiger partial charge in [0.05, 0.1) is 33.0 Å². The lowest BCUT2D eigenvalue weighted by Gasteiger charge is -2.31. The number of hydrogen-bond donors (Lipinski definition) is 4. The van der Waals surface area contributed by atoms with Gasteiger partial charge in [0, 0.05) is 37.2 Å². The van der Waals surface area contributed by atoms with Crippen molar-refractivity contribution in [1.82, 2.24) is 16.0 Å². The number of benzene rings is 3. The van der Waals surface area contributed by atoms with Gasteiger partial charge in [0.15, 0.2) is 0 Å². The Morgan fingerprint density at radius 3 is 2.24 bits per heavy atom. The van der Waals surface area contributed by atoms with Gasteiger partial charge in [0.25, 0.3) is 0 Å². The van der Waals surface area contributed by atoms with Gasteiger partial charge in [-0.05, 0) is 35.6 Å². The molecule has 5 rings (SSSR count). The molecule has 3 aromatic rings. The van der Waals surface area contributed by atoms with E-state index in [-0.39, 0.29) is 24.2 Å². The third-order valence-electron chi connectivity index (χ3n) is 8.22. The summed E-state index contributed by atoms with van der Waals surface area (Å²) in [4.78, 5) is 38.5. The molecule has 0 bridgehead atoms. The maximum Gasteiger partial charge on any atom is 0.407 e. The quantitative estimate of drug-likeness (QED) is 0.236. The van der Waals surface area contributed by atoms with Crippen LogP contribution in [0.15, 0.2) is 84.9 Å². The first-order valence-electron chi connectivity index (χ1n) is 15.7. The fraction of sp³-hybridized carbons (Fsp3) is 0.400. The van der Waals surface area contributed by atoms with E-state index in [4.69, 9.17) is 18.9 Å². The van der Waals surface area contributed by atoms with Gasteiger partial charge in [0.2, 0.25) is 5.91 Å². The van der Waals surface area contributed by atoms with Gasteiger partial charge in [0.1, 0.15) is 12.1 Å². The number of alkyl carbamates (subject to hydrolysis) is 2. The topological polar surface area (TPSA) is 136 Å². The maximum atomic E-state index is 14.0. The van der Waals surface area contributed by atoms with Crippen molar-refractivity contribution in [3.05, 3.63) is 102 Å². The van der Waals surface area contributed by atoms with E-state index >= 15 is 0 Å². The lowest BCUT2D eigenvalue weighted by atomic mass is 9.84. The van der Waals surface area contributed by atoms with E-state index in [0.717, 1.165) is 29.5 Å². The predicted molar refractivity (Wildman–Crippen MR) is 173 cm³/mol. The number of methoxy groups -OCH3 is 1. The zero-order chi connectivity index (χ0) is 32.1. The van der Waals surface area contributed by atoms with Crippen molar-refractivity contribution in [2.45, 2.75) is 49.5 Å². The lowest BCUT2D eigenvalue weighted by Crippen LogP contribution is -2.51. The van der Waals surface area contributed by atoms with Gasteiger partial charge < -0.3 is 40.2 Å². The molecule has 0 aliphatic carbocycles. The van der Waals surface area contributed by atoms with Crippen LogP contribution in [0.25, 0.3) is 0 Å². The van der Waals surface area contributed by atoms with Gasteiger partial charge in [-0.1, -0.05) is 78.9 Å². The molecule has 11 nitrogen and oxygen atoms in total. The number of amides is 3. The first-order chi connectivity index (χ1) is 22.5. The molecule has 3 amide bonds. The second kappa shape index (κ2) is 16.7. The van der Waals surface area contributed by atoms with Crippen LogP contribution in [0.5, 0.6) is 0 Å². The summed E-state index contributed by atoms with van der Waals surface area (Å²) in [6.07, 6.45) is 0.761. The van der Waals surface area contributed by atoms with Gasteiger partial charge >= 0.3 is 12.2 Å². The number of hydrogen-bond acceptors (Lipinski definition) is 8. The minimum Gasteiger partial charge on any atom is -0.453 e. The van der Waals surface area contributed by atoms with Gasteiger partial charge in [-0.2, -0.15) is 0 Å². The summed E-state index contributed by atoms with van der Waals surface area (Å²) in [5, 5.41) is 12.1. The highest BCUT2D eigenvalue weighted by atomic mass is 16.6. The van der Waals surface area contributed by atoms with Crippen LogP contribution in [-0.2, 0) is 30.2 Å². The number of aryl methyl sites for hydroxylation is 1. The van der Waals surface area contributed by atoms with Gasteiger partial charge in [-0.25, -0.2) is 9.59 Å². The molecule has 46 heavy (non-hydrogen) atoms. The van der Waals surface area contributed by atoms with Crippen LogP contribution in [0.3, 0.4) is 0 Å². The van der Waals surface area contributed by atoms with Crippen LogP contribution < -0.4 is 21.3 Å². The molecule has 0 aromatic heterocycles. The van der Waals surface area contributed by atoms with E-state index in [1.54, 1.807) is 0 Å². The molecule has 4 N–H and O–H groups in total. The number of ether oxygens (including phenoxy) is 4. The molecule has 1 unspecified atom stereocenters. The molecule has 0 saturated carbocycles. The summed E-state index contributed by atoms with van der Waals surface area (Å²) in [5.41, 5.74) is 3.39. The Morgan fingerprint density at radius 1 is 0.913 bits per heavy atom. The summed E-state index contributed by atoms with van der Waals surface area (Å²) in [5.74, 6) is -0.822. The molecule has 2 heterocycles. The zero-order valence-electron chi connectivity index (χ0n) is 26.0. The Kier molecular flexibility index (Phi) is 12.0. The van der Waals surface area contributed by atoms with Crippen molar-refractivity contribution >= 4 is 23.8 Å². The highest BCUT2D eigenvalue weighted by Crippen LogP contribution is 2.30. The smallest absolute Gasteiger partial charge is 0.407 e. The molecular formula is C35H42N4O7. The average molecular weight is 631 g/mol. The monoisotopic (exact) mass is 630 g/mol. The molecule has 244 valence electrons. The van der Waals surface area contributed by atoms with Crippen molar-refractivity contribution in [3.8, 4) is 0 Å². The Balaban J connectivity index is 1.19. The molecule has 0 spiro atoms. The number of anilines is 1. The van der Waals surface area contributed by atoms with Crippen molar-refractivity contribution in [3.63, 3.8) is 0 Å². The molecular weight excluding hydrogens is 588 g/mol. The largest absolute Gasteiger partial charge is 0.453 e. The average Bonchev–Trinajstić information content (AvgIpc) is 3.61. The lowest BCUT2D eigenvalue weighted by molar-refractivity contribution is -0.118. The Morgan fingerprint density at radius 2 is 1.61 bits per heavy atom. The molecule has 4 atom stereocenters. The fourth-order valence-electron chi connectivity index (χ4n) is 5.76. The van der Waals surface area contributed by atoms with E-state index < -0.39 is 24.1 Å². The Hall–Kier alpha value is -4.45. The second-order valence-corrected chi connectivity index (χ2v) is 11.4. The summed E-state index contributed by atoms with van der Waals surface area (Å²) in [6, 6.07) is 25.9. The van der Waals surface area contributed by atoms with Crippen LogP contribution in [0.2, 0.25) is 0 Å². The zero-order valence-corrected chi connectivity index (χ0v) is 26.0. The molecule has 0 radical (unpaired) electrons. The van der Waals surface area contributed by atoms with E-state index in [9.17, 15) is 14.4 Å². The molecule has 2 aliphatic rings. The van der Waals surface area contributed by atoms with E-state index in [1.807, 2.05) is 84.9 Å². The number of carbonyl (C=O) groups is 3. The molecule has 2 fully saturated rings.